The fraction of sp³-hybridized carbons (Fsp3) is 0.278. The number of carbonyl (C=O) groups is 1. The molecule has 3 rings (SSSR count). The topological polar surface area (TPSA) is 84.9 Å². The summed E-state index contributed by atoms with van der Waals surface area (Å²) in [6.45, 7) is 4.71. The van der Waals surface area contributed by atoms with Gasteiger partial charge >= 0.3 is 0 Å². The van der Waals surface area contributed by atoms with Crippen LogP contribution in [0.3, 0.4) is 0 Å². The van der Waals surface area contributed by atoms with Crippen molar-refractivity contribution in [3.05, 3.63) is 58.8 Å². The zero-order valence-corrected chi connectivity index (χ0v) is 16.6. The molecule has 2 heterocycles. The Morgan fingerprint density at radius 1 is 1.30 bits per heavy atom. The summed E-state index contributed by atoms with van der Waals surface area (Å²) < 4.78 is 31.8. The van der Waals surface area contributed by atoms with Gasteiger partial charge in [-0.2, -0.15) is 4.31 Å². The molecule has 146 valence electrons. The largest absolute Gasteiger partial charge is 0.497 e. The van der Waals surface area contributed by atoms with Gasteiger partial charge in [-0.05, 0) is 47.7 Å². The summed E-state index contributed by atoms with van der Waals surface area (Å²) in [5.41, 5.74) is 3.12. The maximum atomic E-state index is 12.6. The van der Waals surface area contributed by atoms with Gasteiger partial charge < -0.3 is 4.74 Å². The Labute approximate surface area is 163 Å². The number of fused-ring (bicyclic) bond motifs is 1. The normalized spacial score (nSPS) is 13.7. The van der Waals surface area contributed by atoms with E-state index >= 15 is 0 Å². The van der Waals surface area contributed by atoms with Gasteiger partial charge in [0.05, 0.1) is 18.6 Å². The van der Waals surface area contributed by atoms with Gasteiger partial charge in [0.2, 0.25) is 16.4 Å². The van der Waals surface area contributed by atoms with Crippen molar-refractivity contribution in [2.24, 2.45) is 0 Å². The lowest BCUT2D eigenvalue weighted by molar-refractivity contribution is -0.119. The predicted molar refractivity (Wildman–Crippen MR) is 104 cm³/mol. The molecule has 0 aliphatic carbocycles. The summed E-state index contributed by atoms with van der Waals surface area (Å²) in [4.78, 5) is 15.4. The van der Waals surface area contributed by atoms with Crippen LogP contribution in [-0.2, 0) is 32.6 Å². The molecule has 0 saturated carbocycles. The van der Waals surface area contributed by atoms with E-state index < -0.39 is 10.0 Å². The van der Waals surface area contributed by atoms with E-state index in [4.69, 9.17) is 4.74 Å². The number of rotatable bonds is 7. The minimum atomic E-state index is -3.43. The molecule has 2 aromatic rings. The molecule has 0 atom stereocenters. The third-order valence-corrected chi connectivity index (χ3v) is 6.68. The summed E-state index contributed by atoms with van der Waals surface area (Å²) in [6.07, 6.45) is 2.79. The van der Waals surface area contributed by atoms with Crippen LogP contribution in [0.25, 0.3) is 0 Å². The number of ether oxygens (including phenoxy) is 1. The zero-order chi connectivity index (χ0) is 19.7. The van der Waals surface area contributed by atoms with Gasteiger partial charge in [-0.3, -0.25) is 9.63 Å². The van der Waals surface area contributed by atoms with Crippen LogP contribution in [0, 0.1) is 0 Å². The molecule has 1 aliphatic rings. The molecule has 0 saturated heterocycles. The van der Waals surface area contributed by atoms with Gasteiger partial charge in [-0.15, -0.1) is 17.9 Å². The Morgan fingerprint density at radius 3 is 2.67 bits per heavy atom. The van der Waals surface area contributed by atoms with Crippen molar-refractivity contribution >= 4 is 27.8 Å². The fourth-order valence-electron chi connectivity index (χ4n) is 2.47. The molecule has 9 heteroatoms. The Bertz CT molecular complexity index is 839. The van der Waals surface area contributed by atoms with Crippen LogP contribution >= 0.6 is 11.3 Å². The van der Waals surface area contributed by atoms with E-state index in [2.05, 4.69) is 11.4 Å². The lowest BCUT2D eigenvalue weighted by atomic mass is 10.1. The average Bonchev–Trinajstić information content (AvgIpc) is 3.17. The van der Waals surface area contributed by atoms with Crippen LogP contribution < -0.4 is 10.2 Å². The summed E-state index contributed by atoms with van der Waals surface area (Å²) >= 11 is 1.70. The minimum absolute atomic E-state index is 0.317. The summed E-state index contributed by atoms with van der Waals surface area (Å²) in [5.74, 6) is 0.655. The van der Waals surface area contributed by atoms with Gasteiger partial charge in [0.15, 0.2) is 0 Å². The van der Waals surface area contributed by atoms with Crippen molar-refractivity contribution in [1.29, 1.82) is 0 Å². The molecule has 1 N–H and O–H groups in total. The van der Waals surface area contributed by atoms with Crippen molar-refractivity contribution in [1.82, 2.24) is 9.79 Å². The highest BCUT2D eigenvalue weighted by Crippen LogP contribution is 2.28. The predicted octanol–water partition coefficient (Wildman–Crippen LogP) is 2.35. The number of thiophene rings is 1. The van der Waals surface area contributed by atoms with E-state index in [1.807, 2.05) is 16.9 Å². The molecule has 7 nitrogen and oxygen atoms in total. The molecule has 1 aromatic carbocycles. The molecular formula is C18H22N2O5S2. The van der Waals surface area contributed by atoms with Crippen molar-refractivity contribution in [3.8, 4) is 5.75 Å². The number of sulfonamides is 1. The molecule has 0 unspecified atom stereocenters. The first kappa shape index (κ1) is 21.1. The minimum Gasteiger partial charge on any atom is -0.497 e. The van der Waals surface area contributed by atoms with Crippen LogP contribution in [0.15, 0.2) is 53.3 Å². The van der Waals surface area contributed by atoms with Crippen LogP contribution in [0.5, 0.6) is 5.75 Å². The number of carbonyl (C=O) groups excluding carboxylic acids is 1. The highest BCUT2D eigenvalue weighted by Gasteiger charge is 2.28. The molecule has 1 amide bonds. The summed E-state index contributed by atoms with van der Waals surface area (Å²) in [7, 11) is -1.86. The van der Waals surface area contributed by atoms with Gasteiger partial charge in [0.25, 0.3) is 0 Å². The lowest BCUT2D eigenvalue weighted by Crippen LogP contribution is -2.35. The van der Waals surface area contributed by atoms with Crippen molar-refractivity contribution in [2.75, 3.05) is 20.3 Å². The Balaban J connectivity index is 0.000000321. The van der Waals surface area contributed by atoms with E-state index in [0.29, 0.717) is 36.8 Å². The molecule has 27 heavy (non-hydrogen) atoms. The second-order valence-corrected chi connectivity index (χ2v) is 8.41. The second kappa shape index (κ2) is 10.2. The van der Waals surface area contributed by atoms with Gasteiger partial charge in [-0.1, -0.05) is 6.08 Å². The van der Waals surface area contributed by atoms with Crippen LogP contribution in [0.1, 0.15) is 10.4 Å². The van der Waals surface area contributed by atoms with E-state index in [9.17, 15) is 13.2 Å². The first-order chi connectivity index (χ1) is 13.0. The summed E-state index contributed by atoms with van der Waals surface area (Å²) in [5, 5.41) is 2.02. The van der Waals surface area contributed by atoms with E-state index in [1.165, 1.54) is 11.0 Å². The average molecular weight is 411 g/mol. The monoisotopic (exact) mass is 410 g/mol. The van der Waals surface area contributed by atoms with Gasteiger partial charge in [-0.25, -0.2) is 13.9 Å². The molecular weight excluding hydrogens is 388 g/mol. The maximum absolute atomic E-state index is 12.6. The first-order valence-corrected chi connectivity index (χ1v) is 10.5. The van der Waals surface area contributed by atoms with Crippen molar-refractivity contribution < 1.29 is 22.8 Å². The summed E-state index contributed by atoms with van der Waals surface area (Å²) in [6, 6.07) is 8.55. The highest BCUT2D eigenvalue weighted by atomic mass is 32.2. The van der Waals surface area contributed by atoms with Gasteiger partial charge in [0.1, 0.15) is 5.75 Å². The highest BCUT2D eigenvalue weighted by molar-refractivity contribution is 7.89. The molecule has 0 bridgehead atoms. The first-order valence-electron chi connectivity index (χ1n) is 8.14. The molecule has 0 fully saturated rings. The number of nitrogens with zero attached hydrogens (tertiary/aromatic N) is 1. The smallest absolute Gasteiger partial charge is 0.243 e. The SMILES string of the molecule is C=CCONC=O.COc1ccc(S(=O)(=O)N2CCc3sccc3C2)cc1. The third kappa shape index (κ3) is 5.64. The van der Waals surface area contributed by atoms with Crippen molar-refractivity contribution in [3.63, 3.8) is 0 Å². The standard InChI is InChI=1S/C14H15NO3S2.C4H7NO2/c1-18-12-2-4-13(5-3-12)20(16,17)15-8-6-14-11(10-15)7-9-19-14;1-2-3-7-5-4-6/h2-5,7,9H,6,8,10H2,1H3;2,4H,1,3H2,(H,5,6). The number of amides is 1. The second-order valence-electron chi connectivity index (χ2n) is 5.47. The fourth-order valence-corrected chi connectivity index (χ4v) is 4.77. The Hall–Kier alpha value is -2.20. The van der Waals surface area contributed by atoms with Crippen LogP contribution in [0.4, 0.5) is 0 Å². The lowest BCUT2D eigenvalue weighted by Gasteiger charge is -2.26. The third-order valence-electron chi connectivity index (χ3n) is 3.80. The number of nitrogens with one attached hydrogen (secondary N) is 1. The number of methoxy groups -OCH3 is 1. The van der Waals surface area contributed by atoms with Crippen LogP contribution in [0.2, 0.25) is 0 Å². The van der Waals surface area contributed by atoms with Crippen LogP contribution in [-0.4, -0.2) is 39.4 Å². The number of hydroxylamine groups is 1. The molecule has 0 radical (unpaired) electrons. The Morgan fingerprint density at radius 2 is 2.04 bits per heavy atom. The Kier molecular flexibility index (Phi) is 7.99. The molecule has 0 spiro atoms. The van der Waals surface area contributed by atoms with E-state index in [0.717, 1.165) is 12.0 Å². The van der Waals surface area contributed by atoms with Gasteiger partial charge in [0, 0.05) is 18.0 Å². The molecule has 1 aliphatic heterocycles. The van der Waals surface area contributed by atoms with E-state index in [1.54, 1.807) is 47.0 Å². The van der Waals surface area contributed by atoms with Crippen molar-refractivity contribution in [2.45, 2.75) is 17.9 Å². The number of hydrogen-bond donors (Lipinski definition) is 1. The zero-order valence-electron chi connectivity index (χ0n) is 15.0. The van der Waals surface area contributed by atoms with E-state index in [-0.39, 0.29) is 0 Å². The maximum Gasteiger partial charge on any atom is 0.243 e. The number of hydrogen-bond acceptors (Lipinski definition) is 6. The molecule has 1 aromatic heterocycles. The quantitative estimate of drug-likeness (QED) is 0.328. The number of benzene rings is 1.